The van der Waals surface area contributed by atoms with E-state index in [9.17, 15) is 19.5 Å². The molecule has 8 nitrogen and oxygen atoms in total. The van der Waals surface area contributed by atoms with E-state index in [4.69, 9.17) is 18.9 Å². The number of rotatable bonds is 18. The number of carbonyl (C=O) groups excluding carboxylic acids is 3. The Labute approximate surface area is 292 Å². The minimum atomic E-state index is -1.39. The van der Waals surface area contributed by atoms with Crippen molar-refractivity contribution in [1.29, 1.82) is 0 Å². The number of unbranched alkanes of at least 4 members (excludes halogenated alkanes) is 10. The van der Waals surface area contributed by atoms with Gasteiger partial charge in [0.1, 0.15) is 29.0 Å². The maximum absolute atomic E-state index is 13.2. The highest BCUT2D eigenvalue weighted by Crippen LogP contribution is 2.58. The molecule has 9 atom stereocenters. The third-order valence-corrected chi connectivity index (χ3v) is 11.8. The molecule has 2 bridgehead atoms. The minimum Gasteiger partial charge on any atom is -0.459 e. The van der Waals surface area contributed by atoms with Crippen molar-refractivity contribution < 1.29 is 38.4 Å². The zero-order chi connectivity index (χ0) is 35.5. The van der Waals surface area contributed by atoms with Crippen LogP contribution >= 0.6 is 0 Å². The summed E-state index contributed by atoms with van der Waals surface area (Å²) in [6.07, 6.45) is 15.3. The molecule has 3 aliphatic rings. The second-order valence-corrected chi connectivity index (χ2v) is 16.5. The summed E-state index contributed by atoms with van der Waals surface area (Å²) in [4.78, 5) is 38.7. The molecular weight excluding hydrogens is 608 g/mol. The zero-order valence-electron chi connectivity index (χ0n) is 31.8. The standard InChI is InChI=1S/C40H70O8/c1-9-11-12-13-14-15-16-17-18-19-20-22-33(42)46-32-24-26-40(8,48-34(43)21-10-2)37-35-30(28(3)4)23-25-39(7,47-29(5)41)36(35)31(45-37)27-38(32,6)44/h28,30-32,35-37,44H,9-27H2,1-8H3. The van der Waals surface area contributed by atoms with Gasteiger partial charge in [-0.05, 0) is 71.1 Å². The Hall–Kier alpha value is -1.67. The molecule has 0 amide bonds. The molecule has 278 valence electrons. The topological polar surface area (TPSA) is 108 Å². The molecule has 0 radical (unpaired) electrons. The molecule has 2 heterocycles. The Morgan fingerprint density at radius 1 is 0.771 bits per heavy atom. The third-order valence-electron chi connectivity index (χ3n) is 11.8. The van der Waals surface area contributed by atoms with Gasteiger partial charge in [0.05, 0.1) is 6.10 Å². The van der Waals surface area contributed by atoms with Crippen molar-refractivity contribution in [3.8, 4) is 0 Å². The predicted molar refractivity (Wildman–Crippen MR) is 188 cm³/mol. The van der Waals surface area contributed by atoms with Gasteiger partial charge in [-0.15, -0.1) is 0 Å². The summed E-state index contributed by atoms with van der Waals surface area (Å²) in [7, 11) is 0. The molecule has 0 spiro atoms. The lowest BCUT2D eigenvalue weighted by Gasteiger charge is -2.51. The average molecular weight is 679 g/mol. The van der Waals surface area contributed by atoms with Crippen LogP contribution in [0.5, 0.6) is 0 Å². The lowest BCUT2D eigenvalue weighted by Crippen LogP contribution is -2.58. The Bertz CT molecular complexity index is 1020. The molecule has 0 aromatic heterocycles. The molecule has 1 saturated carbocycles. The molecule has 8 heteroatoms. The highest BCUT2D eigenvalue weighted by Gasteiger charge is 2.65. The van der Waals surface area contributed by atoms with Crippen LogP contribution in [0.3, 0.4) is 0 Å². The number of ether oxygens (including phenoxy) is 4. The fourth-order valence-corrected chi connectivity index (χ4v) is 9.23. The van der Waals surface area contributed by atoms with Gasteiger partial charge in [0.2, 0.25) is 0 Å². The van der Waals surface area contributed by atoms with Crippen molar-refractivity contribution in [2.24, 2.45) is 23.7 Å². The fraction of sp³-hybridized carbons (Fsp3) is 0.925. The van der Waals surface area contributed by atoms with Crippen LogP contribution in [0.4, 0.5) is 0 Å². The van der Waals surface area contributed by atoms with Gasteiger partial charge in [-0.25, -0.2) is 0 Å². The van der Waals surface area contributed by atoms with Crippen LogP contribution in [0.25, 0.3) is 0 Å². The highest BCUT2D eigenvalue weighted by atomic mass is 16.6. The van der Waals surface area contributed by atoms with Crippen molar-refractivity contribution in [2.45, 2.75) is 213 Å². The largest absolute Gasteiger partial charge is 0.459 e. The molecular formula is C40H70O8. The first kappa shape index (κ1) is 40.8. The molecule has 2 saturated heterocycles. The van der Waals surface area contributed by atoms with Gasteiger partial charge in [-0.2, -0.15) is 0 Å². The SMILES string of the molecule is CCCCCCCCCCCCCC(=O)OC1CCC(C)(OC(=O)CCC)C2OC(CC1(C)O)C1C2C(C(C)C)CCC1(C)OC(C)=O. The first-order valence-electron chi connectivity index (χ1n) is 19.7. The Balaban J connectivity index is 1.75. The summed E-state index contributed by atoms with van der Waals surface area (Å²) in [5.74, 6) is -0.566. The summed E-state index contributed by atoms with van der Waals surface area (Å²) in [5, 5.41) is 12.1. The monoisotopic (exact) mass is 679 g/mol. The normalized spacial score (nSPS) is 34.9. The van der Waals surface area contributed by atoms with E-state index in [0.29, 0.717) is 44.4 Å². The molecule has 3 fully saturated rings. The maximum Gasteiger partial charge on any atom is 0.306 e. The quantitative estimate of drug-likeness (QED) is 0.0869. The summed E-state index contributed by atoms with van der Waals surface area (Å²) in [6.45, 7) is 15.7. The van der Waals surface area contributed by atoms with Crippen molar-refractivity contribution in [2.75, 3.05) is 0 Å². The van der Waals surface area contributed by atoms with Crippen LogP contribution in [0.15, 0.2) is 0 Å². The van der Waals surface area contributed by atoms with Gasteiger partial charge in [-0.1, -0.05) is 91.9 Å². The molecule has 2 aliphatic heterocycles. The van der Waals surface area contributed by atoms with Crippen LogP contribution in [-0.2, 0) is 33.3 Å². The maximum atomic E-state index is 13.2. The van der Waals surface area contributed by atoms with E-state index in [0.717, 1.165) is 25.7 Å². The van der Waals surface area contributed by atoms with E-state index in [1.54, 1.807) is 6.92 Å². The van der Waals surface area contributed by atoms with Crippen molar-refractivity contribution in [3.05, 3.63) is 0 Å². The van der Waals surface area contributed by atoms with Crippen LogP contribution in [-0.4, -0.2) is 58.1 Å². The average Bonchev–Trinajstić information content (AvgIpc) is 3.38. The molecule has 0 aromatic carbocycles. The van der Waals surface area contributed by atoms with Crippen molar-refractivity contribution >= 4 is 17.9 Å². The highest BCUT2D eigenvalue weighted by molar-refractivity contribution is 5.70. The van der Waals surface area contributed by atoms with Gasteiger partial charge < -0.3 is 24.1 Å². The number of hydrogen-bond donors (Lipinski definition) is 1. The minimum absolute atomic E-state index is 0.0384. The van der Waals surface area contributed by atoms with E-state index in [1.807, 2.05) is 20.8 Å². The molecule has 48 heavy (non-hydrogen) atoms. The molecule has 1 N–H and O–H groups in total. The Morgan fingerprint density at radius 2 is 1.35 bits per heavy atom. The number of esters is 3. The summed E-state index contributed by atoms with van der Waals surface area (Å²) in [5.41, 5.74) is -3.20. The Morgan fingerprint density at radius 3 is 1.92 bits per heavy atom. The number of fused-ring (bicyclic) bond motifs is 5. The summed E-state index contributed by atoms with van der Waals surface area (Å²) < 4.78 is 25.5. The number of carbonyl (C=O) groups is 3. The molecule has 3 rings (SSSR count). The predicted octanol–water partition coefficient (Wildman–Crippen LogP) is 9.02. The van der Waals surface area contributed by atoms with Crippen LogP contribution in [0, 0.1) is 23.7 Å². The third kappa shape index (κ3) is 10.9. The lowest BCUT2D eigenvalue weighted by molar-refractivity contribution is -0.186. The van der Waals surface area contributed by atoms with Gasteiger partial charge in [0.15, 0.2) is 0 Å². The second-order valence-electron chi connectivity index (χ2n) is 16.5. The number of hydrogen-bond acceptors (Lipinski definition) is 8. The summed E-state index contributed by atoms with van der Waals surface area (Å²) in [6, 6.07) is 0. The van der Waals surface area contributed by atoms with E-state index in [1.165, 1.54) is 58.3 Å². The van der Waals surface area contributed by atoms with Crippen molar-refractivity contribution in [3.63, 3.8) is 0 Å². The summed E-state index contributed by atoms with van der Waals surface area (Å²) >= 11 is 0. The second kappa shape index (κ2) is 18.5. The van der Waals surface area contributed by atoms with Crippen LogP contribution < -0.4 is 0 Å². The fourth-order valence-electron chi connectivity index (χ4n) is 9.23. The van der Waals surface area contributed by atoms with Crippen LogP contribution in [0.1, 0.15) is 177 Å². The van der Waals surface area contributed by atoms with Gasteiger partial charge >= 0.3 is 17.9 Å². The van der Waals surface area contributed by atoms with E-state index in [2.05, 4.69) is 20.8 Å². The van der Waals surface area contributed by atoms with Crippen molar-refractivity contribution in [1.82, 2.24) is 0 Å². The van der Waals surface area contributed by atoms with Gasteiger partial charge in [-0.3, -0.25) is 14.4 Å². The van der Waals surface area contributed by atoms with E-state index < -0.39 is 35.1 Å². The van der Waals surface area contributed by atoms with E-state index >= 15 is 0 Å². The molecule has 1 aliphatic carbocycles. The Kier molecular flexibility index (Phi) is 15.7. The van der Waals surface area contributed by atoms with Gasteiger partial charge in [0.25, 0.3) is 0 Å². The van der Waals surface area contributed by atoms with Crippen LogP contribution in [0.2, 0.25) is 0 Å². The lowest BCUT2D eigenvalue weighted by atomic mass is 9.57. The number of aliphatic hydroxyl groups is 1. The smallest absolute Gasteiger partial charge is 0.306 e. The van der Waals surface area contributed by atoms with Gasteiger partial charge in [0, 0.05) is 38.0 Å². The molecule has 9 unspecified atom stereocenters. The van der Waals surface area contributed by atoms with E-state index in [-0.39, 0.29) is 42.1 Å². The first-order chi connectivity index (χ1) is 22.7. The first-order valence-corrected chi connectivity index (χ1v) is 19.7. The molecule has 0 aromatic rings. The zero-order valence-corrected chi connectivity index (χ0v) is 31.8.